The molecule has 2 aromatic carbocycles. The van der Waals surface area contributed by atoms with Crippen molar-refractivity contribution in [2.75, 3.05) is 6.54 Å². The molecule has 0 saturated carbocycles. The van der Waals surface area contributed by atoms with Crippen molar-refractivity contribution in [3.8, 4) is 11.5 Å². The van der Waals surface area contributed by atoms with E-state index < -0.39 is 23.7 Å². The molecule has 1 aromatic heterocycles. The maximum atomic E-state index is 12.9. The molecular formula is C22H21N3O4. The van der Waals surface area contributed by atoms with Gasteiger partial charge in [-0.05, 0) is 30.2 Å². The number of amides is 1. The summed E-state index contributed by atoms with van der Waals surface area (Å²) in [5, 5.41) is 20.3. The van der Waals surface area contributed by atoms with E-state index in [4.69, 9.17) is 0 Å². The summed E-state index contributed by atoms with van der Waals surface area (Å²) in [4.78, 5) is 31.4. The Hall–Kier alpha value is -3.61. The van der Waals surface area contributed by atoms with E-state index in [9.17, 15) is 19.8 Å². The Morgan fingerprint density at radius 3 is 2.55 bits per heavy atom. The van der Waals surface area contributed by atoms with Gasteiger partial charge >= 0.3 is 0 Å². The highest BCUT2D eigenvalue weighted by Crippen LogP contribution is 2.45. The molecule has 0 radical (unpaired) electrons. The minimum Gasteiger partial charge on any atom is -0.508 e. The molecule has 2 atom stereocenters. The Bertz CT molecular complexity index is 1030. The zero-order valence-electron chi connectivity index (χ0n) is 15.7. The number of para-hydroxylation sites is 1. The zero-order chi connectivity index (χ0) is 20.4. The average Bonchev–Trinajstić information content (AvgIpc) is 3.31. The summed E-state index contributed by atoms with van der Waals surface area (Å²) in [7, 11) is 0. The first kappa shape index (κ1) is 18.7. The fourth-order valence-corrected chi connectivity index (χ4v) is 3.94. The molecule has 1 amide bonds. The maximum Gasteiger partial charge on any atom is 0.291 e. The van der Waals surface area contributed by atoms with Crippen molar-refractivity contribution in [1.82, 2.24) is 14.5 Å². The number of aryl methyl sites for hydroxylation is 1. The number of phenolic OH excluding ortho intramolecular Hbond substituents is 2. The van der Waals surface area contributed by atoms with E-state index in [-0.39, 0.29) is 11.5 Å². The number of aromatic nitrogens is 2. The van der Waals surface area contributed by atoms with Crippen molar-refractivity contribution in [2.24, 2.45) is 0 Å². The lowest BCUT2D eigenvalue weighted by Gasteiger charge is -2.28. The van der Waals surface area contributed by atoms with Crippen molar-refractivity contribution in [1.29, 1.82) is 0 Å². The SMILES string of the molecule is O=C1C(=O)N(CCCn2ccnc2)C(c2ccccc2O)C1c1cccc(O)c1. The van der Waals surface area contributed by atoms with Crippen molar-refractivity contribution in [2.45, 2.75) is 24.9 Å². The number of likely N-dealkylation sites (tertiary alicyclic amines) is 1. The molecule has 0 spiro atoms. The minimum atomic E-state index is -0.795. The number of hydrogen-bond donors (Lipinski definition) is 2. The molecule has 1 aliphatic heterocycles. The molecule has 0 aliphatic carbocycles. The molecule has 1 aliphatic rings. The molecule has 1 saturated heterocycles. The summed E-state index contributed by atoms with van der Waals surface area (Å²) in [5.74, 6) is -1.85. The second-order valence-electron chi connectivity index (χ2n) is 7.09. The van der Waals surface area contributed by atoms with Crippen LogP contribution in [0.15, 0.2) is 67.3 Å². The van der Waals surface area contributed by atoms with E-state index in [2.05, 4.69) is 4.98 Å². The summed E-state index contributed by atoms with van der Waals surface area (Å²) < 4.78 is 1.91. The number of aromatic hydroxyl groups is 2. The predicted octanol–water partition coefficient (Wildman–Crippen LogP) is 2.62. The summed E-state index contributed by atoms with van der Waals surface area (Å²) in [6.07, 6.45) is 5.86. The van der Waals surface area contributed by atoms with Crippen LogP contribution in [0.3, 0.4) is 0 Å². The number of ketones is 1. The third kappa shape index (κ3) is 3.59. The fraction of sp³-hybridized carbons (Fsp3) is 0.227. The minimum absolute atomic E-state index is 0.0253. The zero-order valence-corrected chi connectivity index (χ0v) is 15.7. The van der Waals surface area contributed by atoms with Crippen LogP contribution < -0.4 is 0 Å². The van der Waals surface area contributed by atoms with Crippen LogP contribution in [0.5, 0.6) is 11.5 Å². The van der Waals surface area contributed by atoms with Gasteiger partial charge in [-0.3, -0.25) is 9.59 Å². The number of benzene rings is 2. The molecule has 0 bridgehead atoms. The van der Waals surface area contributed by atoms with Gasteiger partial charge in [0.2, 0.25) is 5.78 Å². The van der Waals surface area contributed by atoms with Gasteiger partial charge in [-0.1, -0.05) is 30.3 Å². The first-order valence-corrected chi connectivity index (χ1v) is 9.43. The molecule has 2 heterocycles. The number of nitrogens with zero attached hydrogens (tertiary/aromatic N) is 3. The third-order valence-corrected chi connectivity index (χ3v) is 5.26. The van der Waals surface area contributed by atoms with Crippen molar-refractivity contribution < 1.29 is 19.8 Å². The smallest absolute Gasteiger partial charge is 0.291 e. The van der Waals surface area contributed by atoms with Gasteiger partial charge < -0.3 is 19.7 Å². The Balaban J connectivity index is 1.69. The number of phenols is 2. The molecular weight excluding hydrogens is 370 g/mol. The Kier molecular flexibility index (Phi) is 5.03. The topological polar surface area (TPSA) is 95.7 Å². The molecule has 2 unspecified atom stereocenters. The van der Waals surface area contributed by atoms with Crippen LogP contribution in [0.4, 0.5) is 0 Å². The molecule has 2 N–H and O–H groups in total. The fourth-order valence-electron chi connectivity index (χ4n) is 3.94. The van der Waals surface area contributed by atoms with Gasteiger partial charge in [0.05, 0.1) is 18.3 Å². The second-order valence-corrected chi connectivity index (χ2v) is 7.09. The summed E-state index contributed by atoms with van der Waals surface area (Å²) in [6.45, 7) is 1.01. The van der Waals surface area contributed by atoms with E-state index >= 15 is 0 Å². The number of rotatable bonds is 6. The van der Waals surface area contributed by atoms with E-state index in [1.807, 2.05) is 10.8 Å². The van der Waals surface area contributed by atoms with Crippen LogP contribution >= 0.6 is 0 Å². The number of carbonyl (C=O) groups is 2. The number of hydrogen-bond acceptors (Lipinski definition) is 5. The molecule has 148 valence electrons. The molecule has 7 nitrogen and oxygen atoms in total. The van der Waals surface area contributed by atoms with Crippen LogP contribution in [0.2, 0.25) is 0 Å². The van der Waals surface area contributed by atoms with E-state index in [1.54, 1.807) is 48.9 Å². The van der Waals surface area contributed by atoms with Gasteiger partial charge in [-0.25, -0.2) is 4.98 Å². The van der Waals surface area contributed by atoms with Crippen LogP contribution in [-0.2, 0) is 16.1 Å². The largest absolute Gasteiger partial charge is 0.508 e. The highest BCUT2D eigenvalue weighted by atomic mass is 16.3. The van der Waals surface area contributed by atoms with Crippen molar-refractivity contribution in [3.05, 3.63) is 78.4 Å². The summed E-state index contributed by atoms with van der Waals surface area (Å²) in [5.41, 5.74) is 1.07. The van der Waals surface area contributed by atoms with Crippen molar-refractivity contribution >= 4 is 11.7 Å². The van der Waals surface area contributed by atoms with Crippen LogP contribution in [0, 0.1) is 0 Å². The number of carbonyl (C=O) groups excluding carboxylic acids is 2. The lowest BCUT2D eigenvalue weighted by Crippen LogP contribution is -2.31. The highest BCUT2D eigenvalue weighted by Gasteiger charge is 2.49. The monoisotopic (exact) mass is 391 g/mol. The summed E-state index contributed by atoms with van der Waals surface area (Å²) >= 11 is 0. The quantitative estimate of drug-likeness (QED) is 0.630. The predicted molar refractivity (Wildman–Crippen MR) is 105 cm³/mol. The summed E-state index contributed by atoms with van der Waals surface area (Å²) in [6, 6.07) is 12.5. The average molecular weight is 391 g/mol. The van der Waals surface area contributed by atoms with E-state index in [0.717, 1.165) is 0 Å². The Labute approximate surface area is 167 Å². The molecule has 1 fully saturated rings. The standard InChI is InChI=1S/C22H21N3O4/c26-16-6-3-5-15(13-16)19-20(17-7-1-2-8-18(17)27)25(22(29)21(19)28)11-4-10-24-12-9-23-14-24/h1-3,5-9,12-14,19-20,26-27H,4,10-11H2. The van der Waals surface area contributed by atoms with Crippen molar-refractivity contribution in [3.63, 3.8) is 0 Å². The van der Waals surface area contributed by atoms with Gasteiger partial charge in [0.15, 0.2) is 0 Å². The second kappa shape index (κ2) is 7.79. The van der Waals surface area contributed by atoms with Gasteiger partial charge in [0.25, 0.3) is 5.91 Å². The Morgan fingerprint density at radius 2 is 1.83 bits per heavy atom. The van der Waals surface area contributed by atoms with Crippen LogP contribution in [0.25, 0.3) is 0 Å². The van der Waals surface area contributed by atoms with Gasteiger partial charge in [0, 0.05) is 31.0 Å². The molecule has 4 rings (SSSR count). The lowest BCUT2D eigenvalue weighted by molar-refractivity contribution is -0.140. The molecule has 29 heavy (non-hydrogen) atoms. The number of imidazole rings is 1. The first-order valence-electron chi connectivity index (χ1n) is 9.43. The van der Waals surface area contributed by atoms with Gasteiger partial charge in [-0.15, -0.1) is 0 Å². The molecule has 7 heteroatoms. The first-order chi connectivity index (χ1) is 14.1. The number of Topliss-reactive ketones (excluding diaryl/α,β-unsaturated/α-hetero) is 1. The molecule has 3 aromatic rings. The normalized spacial score (nSPS) is 19.1. The van der Waals surface area contributed by atoms with Crippen LogP contribution in [-0.4, -0.2) is 42.9 Å². The maximum absolute atomic E-state index is 12.9. The Morgan fingerprint density at radius 1 is 1.00 bits per heavy atom. The van der Waals surface area contributed by atoms with E-state index in [1.165, 1.54) is 17.0 Å². The lowest BCUT2D eigenvalue weighted by atomic mass is 9.86. The highest BCUT2D eigenvalue weighted by molar-refractivity contribution is 6.40. The van der Waals surface area contributed by atoms with E-state index in [0.29, 0.717) is 30.6 Å². The van der Waals surface area contributed by atoms with Gasteiger partial charge in [-0.2, -0.15) is 0 Å². The third-order valence-electron chi connectivity index (χ3n) is 5.26. The van der Waals surface area contributed by atoms with Crippen LogP contribution in [0.1, 0.15) is 29.5 Å². The van der Waals surface area contributed by atoms with Gasteiger partial charge in [0.1, 0.15) is 11.5 Å².